The quantitative estimate of drug-likeness (QED) is 0.887. The third-order valence-corrected chi connectivity index (χ3v) is 5.78. The molecule has 0 spiro atoms. The minimum absolute atomic E-state index is 0.0261. The number of nitrogens with zero attached hydrogens (tertiary/aromatic N) is 2. The van der Waals surface area contributed by atoms with Gasteiger partial charge < -0.3 is 19.9 Å². The molecule has 3 heterocycles. The van der Waals surface area contributed by atoms with Gasteiger partial charge in [-0.3, -0.25) is 9.59 Å². The highest BCUT2D eigenvalue weighted by atomic mass is 32.1. The van der Waals surface area contributed by atoms with Crippen LogP contribution >= 0.6 is 11.3 Å². The van der Waals surface area contributed by atoms with Gasteiger partial charge >= 0.3 is 0 Å². The Kier molecular flexibility index (Phi) is 5.53. The molecule has 0 aliphatic carbocycles. The Hall–Kier alpha value is -1.44. The van der Waals surface area contributed by atoms with Crippen molar-refractivity contribution in [2.24, 2.45) is 0 Å². The van der Waals surface area contributed by atoms with Crippen LogP contribution in [0.2, 0.25) is 0 Å². The lowest BCUT2D eigenvalue weighted by Crippen LogP contribution is -2.61. The van der Waals surface area contributed by atoms with Crippen LogP contribution in [0, 0.1) is 0 Å². The van der Waals surface area contributed by atoms with E-state index >= 15 is 0 Å². The Morgan fingerprint density at radius 2 is 2.04 bits per heavy atom. The molecule has 2 aliphatic heterocycles. The van der Waals surface area contributed by atoms with Crippen molar-refractivity contribution in [2.45, 2.75) is 25.8 Å². The lowest BCUT2D eigenvalue weighted by molar-refractivity contribution is -0.140. The zero-order chi connectivity index (χ0) is 17.1. The maximum Gasteiger partial charge on any atom is 0.255 e. The molecule has 2 saturated heterocycles. The van der Waals surface area contributed by atoms with Crippen LogP contribution in [0.1, 0.15) is 35.0 Å². The largest absolute Gasteiger partial charge is 0.378 e. The second-order valence-electron chi connectivity index (χ2n) is 6.55. The minimum atomic E-state index is -0.424. The highest BCUT2D eigenvalue weighted by molar-refractivity contribution is 7.10. The van der Waals surface area contributed by atoms with E-state index in [0.29, 0.717) is 50.9 Å². The molecule has 1 aromatic rings. The number of hydrogen-bond acceptors (Lipinski definition) is 5. The summed E-state index contributed by atoms with van der Waals surface area (Å²) in [5, 5.41) is 5.16. The first kappa shape index (κ1) is 17.4. The van der Waals surface area contributed by atoms with Crippen LogP contribution in [0.5, 0.6) is 0 Å². The SMILES string of the molecule is CC(C)c1cc(C(=O)N2CCNCC2C(=O)N2CCOCC2)cs1. The van der Waals surface area contributed by atoms with Crippen LogP contribution in [-0.2, 0) is 9.53 Å². The van der Waals surface area contributed by atoms with Crippen molar-refractivity contribution in [1.29, 1.82) is 0 Å². The number of ether oxygens (including phenoxy) is 1. The fraction of sp³-hybridized carbons (Fsp3) is 0.647. The summed E-state index contributed by atoms with van der Waals surface area (Å²) in [6.45, 7) is 8.39. The number of amides is 2. The molecule has 24 heavy (non-hydrogen) atoms. The first-order valence-corrected chi connectivity index (χ1v) is 9.42. The molecular weight excluding hydrogens is 326 g/mol. The summed E-state index contributed by atoms with van der Waals surface area (Å²) < 4.78 is 5.32. The molecule has 1 unspecified atom stereocenters. The molecule has 2 fully saturated rings. The Balaban J connectivity index is 1.75. The van der Waals surface area contributed by atoms with Gasteiger partial charge in [0.1, 0.15) is 6.04 Å². The van der Waals surface area contributed by atoms with Gasteiger partial charge in [-0.05, 0) is 12.0 Å². The molecule has 1 N–H and O–H groups in total. The summed E-state index contributed by atoms with van der Waals surface area (Å²) in [5.41, 5.74) is 0.699. The zero-order valence-electron chi connectivity index (χ0n) is 14.3. The van der Waals surface area contributed by atoms with Gasteiger partial charge in [0.05, 0.1) is 18.8 Å². The number of piperazine rings is 1. The molecule has 0 radical (unpaired) electrons. The Labute approximate surface area is 146 Å². The van der Waals surface area contributed by atoms with Crippen molar-refractivity contribution in [1.82, 2.24) is 15.1 Å². The van der Waals surface area contributed by atoms with E-state index in [2.05, 4.69) is 19.2 Å². The fourth-order valence-electron chi connectivity index (χ4n) is 3.10. The van der Waals surface area contributed by atoms with Gasteiger partial charge in [-0.1, -0.05) is 13.8 Å². The molecule has 1 aromatic heterocycles. The first-order valence-electron chi connectivity index (χ1n) is 8.54. The van der Waals surface area contributed by atoms with E-state index in [1.54, 1.807) is 16.2 Å². The summed E-state index contributed by atoms with van der Waals surface area (Å²) in [7, 11) is 0. The Morgan fingerprint density at radius 3 is 2.71 bits per heavy atom. The molecule has 132 valence electrons. The summed E-state index contributed by atoms with van der Waals surface area (Å²) in [6, 6.07) is 1.54. The second-order valence-corrected chi connectivity index (χ2v) is 7.49. The van der Waals surface area contributed by atoms with Crippen molar-refractivity contribution < 1.29 is 14.3 Å². The van der Waals surface area contributed by atoms with Crippen molar-refractivity contribution in [3.63, 3.8) is 0 Å². The van der Waals surface area contributed by atoms with Gasteiger partial charge in [-0.2, -0.15) is 0 Å². The van der Waals surface area contributed by atoms with Crippen LogP contribution in [0.25, 0.3) is 0 Å². The number of carbonyl (C=O) groups is 2. The average molecular weight is 351 g/mol. The maximum absolute atomic E-state index is 12.9. The number of thiophene rings is 1. The van der Waals surface area contributed by atoms with E-state index in [1.165, 1.54) is 4.88 Å². The standard InChI is InChI=1S/C17H25N3O3S/c1-12(2)15-9-13(11-24-15)16(21)20-4-3-18-10-14(20)17(22)19-5-7-23-8-6-19/h9,11-12,14,18H,3-8,10H2,1-2H3. The molecular formula is C17H25N3O3S. The topological polar surface area (TPSA) is 61.9 Å². The normalized spacial score (nSPS) is 22.0. The van der Waals surface area contributed by atoms with Gasteiger partial charge in [-0.15, -0.1) is 11.3 Å². The number of rotatable bonds is 3. The summed E-state index contributed by atoms with van der Waals surface area (Å²) >= 11 is 1.61. The molecule has 7 heteroatoms. The zero-order valence-corrected chi connectivity index (χ0v) is 15.1. The van der Waals surface area contributed by atoms with E-state index in [0.717, 1.165) is 6.54 Å². The van der Waals surface area contributed by atoms with E-state index < -0.39 is 6.04 Å². The second kappa shape index (κ2) is 7.63. The predicted octanol–water partition coefficient (Wildman–Crippen LogP) is 1.14. The third-order valence-electron chi connectivity index (χ3n) is 4.55. The maximum atomic E-state index is 12.9. The van der Waals surface area contributed by atoms with E-state index in [4.69, 9.17) is 4.74 Å². The van der Waals surface area contributed by atoms with E-state index in [-0.39, 0.29) is 11.8 Å². The molecule has 6 nitrogen and oxygen atoms in total. The number of morpholine rings is 1. The Bertz CT molecular complexity index is 596. The molecule has 2 amide bonds. The van der Waals surface area contributed by atoms with Crippen LogP contribution in [0.15, 0.2) is 11.4 Å². The molecule has 1 atom stereocenters. The van der Waals surface area contributed by atoms with Crippen molar-refractivity contribution in [2.75, 3.05) is 45.9 Å². The highest BCUT2D eigenvalue weighted by Gasteiger charge is 2.35. The summed E-state index contributed by atoms with van der Waals surface area (Å²) in [6.07, 6.45) is 0. The lowest BCUT2D eigenvalue weighted by Gasteiger charge is -2.39. The van der Waals surface area contributed by atoms with E-state index in [9.17, 15) is 9.59 Å². The van der Waals surface area contributed by atoms with Gasteiger partial charge in [0.25, 0.3) is 5.91 Å². The van der Waals surface area contributed by atoms with Gasteiger partial charge in [-0.25, -0.2) is 0 Å². The highest BCUT2D eigenvalue weighted by Crippen LogP contribution is 2.25. The van der Waals surface area contributed by atoms with Crippen LogP contribution < -0.4 is 5.32 Å². The predicted molar refractivity (Wildman–Crippen MR) is 93.5 cm³/mol. The van der Waals surface area contributed by atoms with Crippen LogP contribution in [0.4, 0.5) is 0 Å². The van der Waals surface area contributed by atoms with Crippen molar-refractivity contribution >= 4 is 23.2 Å². The van der Waals surface area contributed by atoms with Crippen LogP contribution in [-0.4, -0.2) is 73.6 Å². The average Bonchev–Trinajstić information content (AvgIpc) is 3.12. The monoisotopic (exact) mass is 351 g/mol. The number of carbonyl (C=O) groups excluding carboxylic acids is 2. The first-order chi connectivity index (χ1) is 11.6. The van der Waals surface area contributed by atoms with Crippen LogP contribution in [0.3, 0.4) is 0 Å². The van der Waals surface area contributed by atoms with Crippen molar-refractivity contribution in [3.05, 3.63) is 21.9 Å². The third kappa shape index (κ3) is 3.63. The van der Waals surface area contributed by atoms with Gasteiger partial charge in [0.15, 0.2) is 0 Å². The van der Waals surface area contributed by atoms with Crippen molar-refractivity contribution in [3.8, 4) is 0 Å². The van der Waals surface area contributed by atoms with E-state index in [1.807, 2.05) is 16.3 Å². The summed E-state index contributed by atoms with van der Waals surface area (Å²) in [5.74, 6) is 0.398. The summed E-state index contributed by atoms with van der Waals surface area (Å²) in [4.78, 5) is 30.5. The smallest absolute Gasteiger partial charge is 0.255 e. The molecule has 0 saturated carbocycles. The van der Waals surface area contributed by atoms with Gasteiger partial charge in [0.2, 0.25) is 5.91 Å². The Morgan fingerprint density at radius 1 is 1.29 bits per heavy atom. The molecule has 0 aromatic carbocycles. The minimum Gasteiger partial charge on any atom is -0.378 e. The van der Waals surface area contributed by atoms with Gasteiger partial charge in [0, 0.05) is 43.0 Å². The molecule has 3 rings (SSSR count). The molecule has 2 aliphatic rings. The lowest BCUT2D eigenvalue weighted by atomic mass is 10.1. The number of nitrogens with one attached hydrogen (secondary N) is 1. The molecule has 0 bridgehead atoms. The fourth-order valence-corrected chi connectivity index (χ4v) is 4.00. The number of hydrogen-bond donors (Lipinski definition) is 1.